The molecule has 0 aliphatic heterocycles. The molecule has 5 nitrogen and oxygen atoms in total. The van der Waals surface area contributed by atoms with Gasteiger partial charge in [0.1, 0.15) is 0 Å². The maximum Gasteiger partial charge on any atom is 0.429 e. The lowest BCUT2D eigenvalue weighted by atomic mass is 10.4. The van der Waals surface area contributed by atoms with Gasteiger partial charge in [0.25, 0.3) is 0 Å². The fourth-order valence-corrected chi connectivity index (χ4v) is 3.58. The van der Waals surface area contributed by atoms with Crippen LogP contribution in [-0.4, -0.2) is 14.4 Å². The molecule has 0 aliphatic rings. The van der Waals surface area contributed by atoms with Crippen molar-refractivity contribution in [2.45, 2.75) is 12.4 Å². The lowest BCUT2D eigenvalue weighted by Crippen LogP contribution is -2.13. The van der Waals surface area contributed by atoms with Gasteiger partial charge in [0.15, 0.2) is 21.3 Å². The molecule has 0 saturated heterocycles. The van der Waals surface area contributed by atoms with Gasteiger partial charge in [0.2, 0.25) is 11.5 Å². The molecule has 0 spiro atoms. The molecule has 2 N–H and O–H groups in total. The number of hydrogen-bond donors (Lipinski definition) is 2. The average molecular weight is 414 g/mol. The second kappa shape index (κ2) is 6.33. The summed E-state index contributed by atoms with van der Waals surface area (Å²) in [6, 6.07) is 0. The van der Waals surface area contributed by atoms with Gasteiger partial charge in [0, 0.05) is 10.8 Å². The molecular weight excluding hydrogens is 410 g/mol. The van der Waals surface area contributed by atoms with E-state index in [1.54, 1.807) is 0 Å². The van der Waals surface area contributed by atoms with E-state index in [2.05, 4.69) is 8.37 Å². The van der Waals surface area contributed by atoms with Gasteiger partial charge in [-0.2, -0.15) is 30.6 Å². The van der Waals surface area contributed by atoms with E-state index in [4.69, 9.17) is 0 Å². The number of thiophene rings is 2. The van der Waals surface area contributed by atoms with E-state index in [1.807, 2.05) is 0 Å². The monoisotopic (exact) mass is 414 g/mol. The van der Waals surface area contributed by atoms with Crippen LogP contribution in [0.1, 0.15) is 9.75 Å². The van der Waals surface area contributed by atoms with E-state index in [9.17, 15) is 40.8 Å². The molecule has 24 heavy (non-hydrogen) atoms. The van der Waals surface area contributed by atoms with Crippen molar-refractivity contribution in [3.05, 3.63) is 20.5 Å². The van der Waals surface area contributed by atoms with Crippen molar-refractivity contribution in [2.75, 3.05) is 0 Å². The number of aromatic hydroxyl groups is 2. The van der Waals surface area contributed by atoms with Crippen LogP contribution in [0.5, 0.6) is 23.0 Å². The fourth-order valence-electron chi connectivity index (χ4n) is 1.38. The molecule has 0 atom stereocenters. The Hall–Kier alpha value is -1.67. The first-order chi connectivity index (χ1) is 10.9. The smallest absolute Gasteiger partial charge is 0.429 e. The summed E-state index contributed by atoms with van der Waals surface area (Å²) >= 11 is -3.14. The van der Waals surface area contributed by atoms with Crippen molar-refractivity contribution in [1.82, 2.24) is 0 Å². The normalized spacial score (nSPS) is 12.6. The summed E-state index contributed by atoms with van der Waals surface area (Å²) in [5.74, 6) is -4.55. The van der Waals surface area contributed by atoms with Crippen LogP contribution in [-0.2, 0) is 23.7 Å². The predicted molar refractivity (Wildman–Crippen MR) is 71.4 cm³/mol. The predicted octanol–water partition coefficient (Wildman–Crippen LogP) is 4.29. The van der Waals surface area contributed by atoms with Crippen molar-refractivity contribution < 1.29 is 49.1 Å². The van der Waals surface area contributed by atoms with Crippen LogP contribution in [0, 0.1) is 0 Å². The zero-order chi connectivity index (χ0) is 18.3. The molecule has 2 heterocycles. The Kier molecular flexibility index (Phi) is 4.92. The minimum absolute atomic E-state index is 0.0263. The standard InChI is InChI=1S/C10H4F6O5S3/c11-9(12,13)7-5(3(17)1-22-7)20-24(19)21-6-4(18)2-23-8(6)10(14,15)16/h1-2,17-18H. The third-order valence-corrected chi connectivity index (χ3v) is 4.87. The number of hydrogen-bond acceptors (Lipinski definition) is 7. The van der Waals surface area contributed by atoms with Crippen LogP contribution in [0.2, 0.25) is 0 Å². The molecule has 0 amide bonds. The second-order valence-electron chi connectivity index (χ2n) is 3.92. The summed E-state index contributed by atoms with van der Waals surface area (Å²) in [4.78, 5) is -2.91. The van der Waals surface area contributed by atoms with Crippen molar-refractivity contribution in [1.29, 1.82) is 0 Å². The quantitative estimate of drug-likeness (QED) is 0.730. The van der Waals surface area contributed by atoms with Crippen LogP contribution in [0.4, 0.5) is 26.3 Å². The highest BCUT2D eigenvalue weighted by atomic mass is 32.2. The lowest BCUT2D eigenvalue weighted by Gasteiger charge is -2.10. The fraction of sp³-hybridized carbons (Fsp3) is 0.200. The molecule has 14 heteroatoms. The summed E-state index contributed by atoms with van der Waals surface area (Å²) in [5.41, 5.74) is 0. The molecule has 2 aromatic heterocycles. The molecule has 0 saturated carbocycles. The Morgan fingerprint density at radius 1 is 0.833 bits per heavy atom. The van der Waals surface area contributed by atoms with Crippen LogP contribution in [0.25, 0.3) is 0 Å². The molecule has 0 radical (unpaired) electrons. The topological polar surface area (TPSA) is 76.0 Å². The first-order valence-corrected chi connectivity index (χ1v) is 8.21. The molecular formula is C10H4F6O5S3. The summed E-state index contributed by atoms with van der Waals surface area (Å²) in [5, 5.41) is 19.8. The summed E-state index contributed by atoms with van der Waals surface area (Å²) in [6.07, 6.45) is -9.90. The molecule has 134 valence electrons. The summed E-state index contributed by atoms with van der Waals surface area (Å²) < 4.78 is 96.1. The van der Waals surface area contributed by atoms with E-state index < -0.39 is 56.5 Å². The molecule has 0 aliphatic carbocycles. The zero-order valence-electron chi connectivity index (χ0n) is 10.8. The van der Waals surface area contributed by atoms with E-state index in [-0.39, 0.29) is 22.7 Å². The zero-order valence-corrected chi connectivity index (χ0v) is 13.2. The van der Waals surface area contributed by atoms with Crippen molar-refractivity contribution in [3.8, 4) is 23.0 Å². The Morgan fingerprint density at radius 3 is 1.46 bits per heavy atom. The van der Waals surface area contributed by atoms with Crippen molar-refractivity contribution in [3.63, 3.8) is 0 Å². The third-order valence-electron chi connectivity index (χ3n) is 2.27. The van der Waals surface area contributed by atoms with Crippen LogP contribution < -0.4 is 8.37 Å². The Labute approximate surface area is 139 Å². The van der Waals surface area contributed by atoms with Crippen molar-refractivity contribution >= 4 is 34.0 Å². The van der Waals surface area contributed by atoms with E-state index in [1.165, 1.54) is 0 Å². The summed E-state index contributed by atoms with van der Waals surface area (Å²) in [7, 11) is 0. The van der Waals surface area contributed by atoms with E-state index in [0.29, 0.717) is 10.8 Å². The number of alkyl halides is 6. The highest BCUT2D eigenvalue weighted by Crippen LogP contribution is 2.48. The van der Waals surface area contributed by atoms with Crippen molar-refractivity contribution in [2.24, 2.45) is 0 Å². The molecule has 0 fully saturated rings. The minimum Gasteiger partial charge on any atom is -0.504 e. The second-order valence-corrected chi connectivity index (χ2v) is 6.43. The number of rotatable bonds is 4. The van der Waals surface area contributed by atoms with Gasteiger partial charge in [-0.1, -0.05) is 0 Å². The number of halogens is 6. The van der Waals surface area contributed by atoms with Crippen LogP contribution in [0.3, 0.4) is 0 Å². The van der Waals surface area contributed by atoms with Gasteiger partial charge in [-0.05, 0) is 0 Å². The Morgan fingerprint density at radius 2 is 1.17 bits per heavy atom. The SMILES string of the molecule is O=S(Oc1c(O)csc1C(F)(F)F)Oc1c(O)csc1C(F)(F)F. The summed E-state index contributed by atoms with van der Waals surface area (Å²) in [6.45, 7) is 0. The van der Waals surface area contributed by atoms with Crippen LogP contribution >= 0.6 is 22.7 Å². The van der Waals surface area contributed by atoms with E-state index >= 15 is 0 Å². The highest BCUT2D eigenvalue weighted by Gasteiger charge is 2.41. The van der Waals surface area contributed by atoms with Gasteiger partial charge in [0.05, 0.1) is 0 Å². The van der Waals surface area contributed by atoms with Gasteiger partial charge >= 0.3 is 23.7 Å². The molecule has 0 bridgehead atoms. The Balaban J connectivity index is 2.25. The van der Waals surface area contributed by atoms with Gasteiger partial charge in [-0.3, -0.25) is 0 Å². The van der Waals surface area contributed by atoms with Gasteiger partial charge < -0.3 is 18.6 Å². The molecule has 2 rings (SSSR count). The molecule has 2 aromatic rings. The minimum atomic E-state index is -4.95. The average Bonchev–Trinajstić information content (AvgIpc) is 2.94. The first-order valence-electron chi connectivity index (χ1n) is 5.45. The molecule has 0 aromatic carbocycles. The maximum atomic E-state index is 12.7. The third kappa shape index (κ3) is 3.87. The maximum absolute atomic E-state index is 12.7. The molecule has 0 unspecified atom stereocenters. The highest BCUT2D eigenvalue weighted by molar-refractivity contribution is 7.76. The van der Waals surface area contributed by atoms with Gasteiger partial charge in [-0.15, -0.1) is 22.7 Å². The lowest BCUT2D eigenvalue weighted by molar-refractivity contribution is -0.135. The Bertz CT molecular complexity index is 700. The first kappa shape index (κ1) is 18.7. The largest absolute Gasteiger partial charge is 0.504 e. The van der Waals surface area contributed by atoms with Gasteiger partial charge in [-0.25, -0.2) is 0 Å². The van der Waals surface area contributed by atoms with E-state index in [0.717, 1.165) is 0 Å². The van der Waals surface area contributed by atoms with Crippen LogP contribution in [0.15, 0.2) is 10.8 Å².